The molecule has 2 aromatic carbocycles. The number of aromatic amines is 1. The molecule has 0 fully saturated rings. The molecule has 5 aromatic rings. The first-order valence-corrected chi connectivity index (χ1v) is 10.7. The Hall–Kier alpha value is -3.65. The Morgan fingerprint density at radius 3 is 2.69 bits per heavy atom. The van der Waals surface area contributed by atoms with Gasteiger partial charge in [0.15, 0.2) is 5.82 Å². The molecule has 0 spiro atoms. The summed E-state index contributed by atoms with van der Waals surface area (Å²) in [6, 6.07) is 12.8. The Morgan fingerprint density at radius 1 is 1.09 bits per heavy atom. The van der Waals surface area contributed by atoms with Gasteiger partial charge in [-0.25, -0.2) is 18.9 Å². The van der Waals surface area contributed by atoms with Gasteiger partial charge in [-0.3, -0.25) is 0 Å². The van der Waals surface area contributed by atoms with E-state index in [1.807, 2.05) is 41.2 Å². The van der Waals surface area contributed by atoms with E-state index in [-0.39, 0.29) is 18.5 Å². The number of fused-ring (bicyclic) bond motifs is 2. The van der Waals surface area contributed by atoms with Crippen molar-refractivity contribution in [1.82, 2.24) is 23.9 Å². The molecule has 0 saturated heterocycles. The number of aliphatic hydroxyl groups excluding tert-OH is 1. The van der Waals surface area contributed by atoms with Crippen LogP contribution >= 0.6 is 0 Å². The molecule has 0 unspecified atom stereocenters. The minimum atomic E-state index is -0.396. The van der Waals surface area contributed by atoms with E-state index in [4.69, 9.17) is 0 Å². The first-order chi connectivity index (χ1) is 15.5. The third-order valence-corrected chi connectivity index (χ3v) is 5.83. The summed E-state index contributed by atoms with van der Waals surface area (Å²) in [5, 5.41) is 17.8. The number of H-pyrrole nitrogens is 1. The first-order valence-electron chi connectivity index (χ1n) is 10.7. The number of halogens is 1. The molecule has 164 valence electrons. The van der Waals surface area contributed by atoms with E-state index in [1.165, 1.54) is 16.7 Å². The van der Waals surface area contributed by atoms with Crippen LogP contribution in [0.1, 0.15) is 26.3 Å². The van der Waals surface area contributed by atoms with Crippen molar-refractivity contribution in [2.75, 3.05) is 6.61 Å². The molecule has 0 amide bonds. The molecule has 32 heavy (non-hydrogen) atoms. The lowest BCUT2D eigenvalue weighted by atomic mass is 10.1. The van der Waals surface area contributed by atoms with Crippen LogP contribution in [0, 0.1) is 5.82 Å². The van der Waals surface area contributed by atoms with Gasteiger partial charge >= 0.3 is 5.69 Å². The highest BCUT2D eigenvalue weighted by Gasteiger charge is 2.22. The topological polar surface area (TPSA) is 80.8 Å². The SMILES string of the molecule is CC(C)n1cc(-c2n[nH]c(=O)n2-c2cn(CCCO)c3ccc(F)cc23)c2ccccc21. The van der Waals surface area contributed by atoms with Gasteiger partial charge in [0.25, 0.3) is 0 Å². The zero-order valence-electron chi connectivity index (χ0n) is 17.9. The normalized spacial score (nSPS) is 11.9. The minimum Gasteiger partial charge on any atom is -0.396 e. The predicted octanol–water partition coefficient (Wildman–Crippen LogP) is 4.24. The van der Waals surface area contributed by atoms with Gasteiger partial charge < -0.3 is 14.2 Å². The van der Waals surface area contributed by atoms with Crippen molar-refractivity contribution in [2.24, 2.45) is 0 Å². The number of hydrogen-bond acceptors (Lipinski definition) is 3. The minimum absolute atomic E-state index is 0.0435. The van der Waals surface area contributed by atoms with Gasteiger partial charge in [-0.1, -0.05) is 18.2 Å². The molecule has 8 heteroatoms. The highest BCUT2D eigenvalue weighted by atomic mass is 19.1. The van der Waals surface area contributed by atoms with Crippen LogP contribution in [-0.4, -0.2) is 35.6 Å². The Morgan fingerprint density at radius 2 is 1.91 bits per heavy atom. The van der Waals surface area contributed by atoms with Crippen molar-refractivity contribution in [3.05, 3.63) is 71.2 Å². The molecule has 3 aromatic heterocycles. The highest BCUT2D eigenvalue weighted by molar-refractivity contribution is 5.96. The van der Waals surface area contributed by atoms with Crippen molar-refractivity contribution in [2.45, 2.75) is 32.9 Å². The van der Waals surface area contributed by atoms with E-state index in [9.17, 15) is 14.3 Å². The summed E-state index contributed by atoms with van der Waals surface area (Å²) < 4.78 is 19.8. The molecule has 2 N–H and O–H groups in total. The number of aromatic nitrogens is 5. The molecule has 0 aliphatic heterocycles. The Bertz CT molecular complexity index is 1490. The monoisotopic (exact) mass is 433 g/mol. The van der Waals surface area contributed by atoms with Crippen molar-refractivity contribution >= 4 is 21.8 Å². The molecular weight excluding hydrogens is 409 g/mol. The summed E-state index contributed by atoms with van der Waals surface area (Å²) in [5.74, 6) is 0.0873. The fraction of sp³-hybridized carbons (Fsp3) is 0.250. The standard InChI is InChI=1S/C24H24FN5O2/c1-15(2)29-13-19(17-6-3-4-7-21(17)29)23-26-27-24(32)30(23)22-14-28(10-5-11-31)20-9-8-16(25)12-18(20)22/h3-4,6-9,12-15,31H,5,10-11H2,1-2H3,(H,27,32). The largest absolute Gasteiger partial charge is 0.396 e. The van der Waals surface area contributed by atoms with Gasteiger partial charge in [0.2, 0.25) is 0 Å². The van der Waals surface area contributed by atoms with Gasteiger partial charge in [-0.05, 0) is 44.5 Å². The van der Waals surface area contributed by atoms with Crippen molar-refractivity contribution in [1.29, 1.82) is 0 Å². The Labute approximate surface area is 183 Å². The molecule has 7 nitrogen and oxygen atoms in total. The Kier molecular flexibility index (Phi) is 4.94. The van der Waals surface area contributed by atoms with E-state index >= 15 is 0 Å². The number of nitrogens with zero attached hydrogens (tertiary/aromatic N) is 4. The smallest absolute Gasteiger partial charge is 0.348 e. The molecule has 0 aliphatic carbocycles. The zero-order chi connectivity index (χ0) is 22.4. The van der Waals surface area contributed by atoms with Crippen LogP contribution in [0.15, 0.2) is 59.7 Å². The van der Waals surface area contributed by atoms with E-state index in [0.717, 1.165) is 22.0 Å². The molecule has 0 bridgehead atoms. The quantitative estimate of drug-likeness (QED) is 0.420. The van der Waals surface area contributed by atoms with Crippen LogP contribution in [0.2, 0.25) is 0 Å². The predicted molar refractivity (Wildman–Crippen MR) is 123 cm³/mol. The summed E-state index contributed by atoms with van der Waals surface area (Å²) in [5.41, 5.74) is 2.81. The summed E-state index contributed by atoms with van der Waals surface area (Å²) in [7, 11) is 0. The Balaban J connectivity index is 1.79. The van der Waals surface area contributed by atoms with Crippen molar-refractivity contribution < 1.29 is 9.50 Å². The lowest BCUT2D eigenvalue weighted by molar-refractivity contribution is 0.280. The molecule has 0 atom stereocenters. The number of aliphatic hydroxyl groups is 1. The summed E-state index contributed by atoms with van der Waals surface area (Å²) in [6.45, 7) is 4.80. The average Bonchev–Trinajstić information content (AvgIpc) is 3.45. The van der Waals surface area contributed by atoms with Crippen LogP contribution in [0.3, 0.4) is 0 Å². The van der Waals surface area contributed by atoms with Crippen LogP contribution in [0.25, 0.3) is 38.9 Å². The van der Waals surface area contributed by atoms with Gasteiger partial charge in [-0.15, -0.1) is 0 Å². The molecule has 0 aliphatic rings. The third-order valence-electron chi connectivity index (χ3n) is 5.83. The fourth-order valence-electron chi connectivity index (χ4n) is 4.37. The van der Waals surface area contributed by atoms with Gasteiger partial charge in [0.05, 0.1) is 11.2 Å². The summed E-state index contributed by atoms with van der Waals surface area (Å²) in [4.78, 5) is 12.9. The van der Waals surface area contributed by atoms with Gasteiger partial charge in [-0.2, -0.15) is 5.10 Å². The van der Waals surface area contributed by atoms with Gasteiger partial charge in [0, 0.05) is 53.4 Å². The van der Waals surface area contributed by atoms with Crippen LogP contribution in [0.5, 0.6) is 0 Å². The summed E-state index contributed by atoms with van der Waals surface area (Å²) in [6.07, 6.45) is 4.38. The number of nitrogens with one attached hydrogen (secondary N) is 1. The maximum absolute atomic E-state index is 14.2. The van der Waals surface area contributed by atoms with Crippen LogP contribution < -0.4 is 5.69 Å². The number of benzene rings is 2. The van der Waals surface area contributed by atoms with Crippen molar-refractivity contribution in [3.63, 3.8) is 0 Å². The number of rotatable bonds is 6. The number of hydrogen-bond donors (Lipinski definition) is 2. The number of para-hydroxylation sites is 1. The average molecular weight is 433 g/mol. The van der Waals surface area contributed by atoms with Crippen LogP contribution in [0.4, 0.5) is 4.39 Å². The number of aryl methyl sites for hydroxylation is 1. The molecule has 3 heterocycles. The third kappa shape index (κ3) is 3.15. The lowest BCUT2D eigenvalue weighted by Gasteiger charge is -2.08. The lowest BCUT2D eigenvalue weighted by Crippen LogP contribution is -2.15. The van der Waals surface area contributed by atoms with E-state index in [0.29, 0.717) is 29.9 Å². The highest BCUT2D eigenvalue weighted by Crippen LogP contribution is 2.34. The summed E-state index contributed by atoms with van der Waals surface area (Å²) >= 11 is 0. The maximum atomic E-state index is 14.2. The molecule has 5 rings (SSSR count). The molecule has 0 radical (unpaired) electrons. The molecule has 0 saturated carbocycles. The van der Waals surface area contributed by atoms with E-state index in [2.05, 4.69) is 28.6 Å². The van der Waals surface area contributed by atoms with Crippen molar-refractivity contribution in [3.8, 4) is 17.1 Å². The first kappa shape index (κ1) is 20.3. The van der Waals surface area contributed by atoms with Crippen LogP contribution in [-0.2, 0) is 6.54 Å². The second kappa shape index (κ2) is 7.80. The zero-order valence-corrected chi connectivity index (χ0v) is 17.9. The second-order valence-electron chi connectivity index (χ2n) is 8.20. The van der Waals surface area contributed by atoms with Gasteiger partial charge in [0.1, 0.15) is 5.82 Å². The molecular formula is C24H24FN5O2. The fourth-order valence-corrected chi connectivity index (χ4v) is 4.37. The second-order valence-corrected chi connectivity index (χ2v) is 8.20. The van der Waals surface area contributed by atoms with E-state index < -0.39 is 5.69 Å². The maximum Gasteiger partial charge on any atom is 0.348 e. The van der Waals surface area contributed by atoms with E-state index in [1.54, 1.807) is 6.07 Å².